The van der Waals surface area contributed by atoms with E-state index in [9.17, 15) is 19.8 Å². The summed E-state index contributed by atoms with van der Waals surface area (Å²) in [5, 5.41) is 26.3. The van der Waals surface area contributed by atoms with E-state index < -0.39 is 17.8 Å². The van der Waals surface area contributed by atoms with Crippen LogP contribution in [0.15, 0.2) is 36.0 Å². The molecule has 2 amide bonds. The first-order chi connectivity index (χ1) is 18.6. The quantitative estimate of drug-likeness (QED) is 0.188. The van der Waals surface area contributed by atoms with Crippen molar-refractivity contribution in [1.82, 2.24) is 10.6 Å². The van der Waals surface area contributed by atoms with Gasteiger partial charge in [-0.2, -0.15) is 0 Å². The van der Waals surface area contributed by atoms with Gasteiger partial charge in [-0.25, -0.2) is 0 Å². The zero-order chi connectivity index (χ0) is 28.2. The molecule has 3 saturated heterocycles. The maximum atomic E-state index is 12.5. The van der Waals surface area contributed by atoms with Crippen molar-refractivity contribution in [2.45, 2.75) is 121 Å². The lowest BCUT2D eigenvalue weighted by molar-refractivity contribution is -0.146. The summed E-state index contributed by atoms with van der Waals surface area (Å²) < 4.78 is 18.0. The first-order valence-corrected chi connectivity index (χ1v) is 14.3. The number of allylic oxidation sites excluding steroid dienone is 3. The number of carbonyl (C=O) groups excluding carboxylic acids is 2. The topological polar surface area (TPSA) is 130 Å². The Bertz CT molecular complexity index is 953. The van der Waals surface area contributed by atoms with Gasteiger partial charge >= 0.3 is 0 Å². The highest BCUT2D eigenvalue weighted by molar-refractivity contribution is 5.87. The van der Waals surface area contributed by atoms with E-state index in [0.717, 1.165) is 18.4 Å². The molecule has 4 fully saturated rings. The summed E-state index contributed by atoms with van der Waals surface area (Å²) in [7, 11) is 0. The standard InChI is InChI=1S/C30H45N2O7/c1-5-6-7-27(34)32-24-12-19(3)25(38-20(24)4)10-8-18(2)9-11-26-29(36)30(17-37-30)16-23(39-26)15-28(35)31-21-13-22(33)14-21/h5-9,11,19-26,29,33,36H,10,12-17H2,1-4H3,(H,31,35)(H,32,34)/b7-6-,11-9+,18-8+/t19-,20+,21?,22?,23+,24+,25-,26+,29+,30+/m0/s1. The summed E-state index contributed by atoms with van der Waals surface area (Å²) >= 11 is 0. The molecule has 9 heteroatoms. The third kappa shape index (κ3) is 8.01. The van der Waals surface area contributed by atoms with Gasteiger partial charge in [0.2, 0.25) is 11.8 Å². The van der Waals surface area contributed by atoms with Crippen LogP contribution in [0.5, 0.6) is 0 Å². The number of ether oxygens (including phenoxy) is 3. The second-order valence-electron chi connectivity index (χ2n) is 11.8. The van der Waals surface area contributed by atoms with E-state index in [1.165, 1.54) is 6.08 Å². The molecule has 1 spiro atoms. The number of rotatable bonds is 10. The van der Waals surface area contributed by atoms with Gasteiger partial charge in [0, 0.05) is 12.5 Å². The number of hydrogen-bond donors (Lipinski definition) is 4. The molecular formula is C30H45N2O7. The first kappa shape index (κ1) is 29.9. The van der Waals surface area contributed by atoms with Crippen LogP contribution in [0.4, 0.5) is 0 Å². The number of nitrogens with one attached hydrogen (secondary N) is 2. The average Bonchev–Trinajstić information content (AvgIpc) is 3.64. The van der Waals surface area contributed by atoms with Crippen LogP contribution in [-0.2, 0) is 23.8 Å². The maximum Gasteiger partial charge on any atom is 0.243 e. The van der Waals surface area contributed by atoms with Crippen molar-refractivity contribution in [1.29, 1.82) is 0 Å². The summed E-state index contributed by atoms with van der Waals surface area (Å²) in [4.78, 5) is 24.5. The van der Waals surface area contributed by atoms with Gasteiger partial charge in [-0.3, -0.25) is 9.59 Å². The minimum Gasteiger partial charge on any atom is -0.393 e. The first-order valence-electron chi connectivity index (χ1n) is 14.3. The highest BCUT2D eigenvalue weighted by Gasteiger charge is 2.58. The smallest absolute Gasteiger partial charge is 0.243 e. The molecule has 3 heterocycles. The molecule has 4 aliphatic rings. The molecule has 4 N–H and O–H groups in total. The maximum absolute atomic E-state index is 12.5. The van der Waals surface area contributed by atoms with Crippen molar-refractivity contribution >= 4 is 11.8 Å². The minimum absolute atomic E-state index is 0.0209. The SMILES string of the molecule is C[CH]/C=C\C(=O)N[C@@H]1C[C@H](C)[C@H](C/C=C(C)/C=C/[C@H]2O[C@H](CC(=O)NC3CC(O)C3)C[C@@]3(CO3)[C@@H]2O)O[C@@H]1C. The number of amides is 2. The van der Waals surface area contributed by atoms with E-state index in [-0.39, 0.29) is 60.7 Å². The Kier molecular flexibility index (Phi) is 10.0. The highest BCUT2D eigenvalue weighted by atomic mass is 16.6. The molecule has 0 bridgehead atoms. The number of hydrogen-bond acceptors (Lipinski definition) is 7. The molecule has 4 rings (SSSR count). The van der Waals surface area contributed by atoms with Crippen molar-refractivity contribution in [3.8, 4) is 0 Å². The zero-order valence-corrected chi connectivity index (χ0v) is 23.5. The average molecular weight is 546 g/mol. The highest BCUT2D eigenvalue weighted by Crippen LogP contribution is 2.43. The van der Waals surface area contributed by atoms with Gasteiger partial charge in [-0.15, -0.1) is 0 Å². The van der Waals surface area contributed by atoms with Crippen LogP contribution in [0.2, 0.25) is 0 Å². The number of aliphatic hydroxyl groups excluding tert-OH is 2. The van der Waals surface area contributed by atoms with Gasteiger partial charge < -0.3 is 35.1 Å². The second kappa shape index (κ2) is 13.1. The molecule has 9 nitrogen and oxygen atoms in total. The number of epoxide rings is 1. The largest absolute Gasteiger partial charge is 0.393 e. The van der Waals surface area contributed by atoms with Crippen LogP contribution in [-0.4, -0.2) is 82.9 Å². The molecule has 0 aromatic carbocycles. The fourth-order valence-electron chi connectivity index (χ4n) is 5.75. The Morgan fingerprint density at radius 3 is 2.49 bits per heavy atom. The fraction of sp³-hybridized carbons (Fsp3) is 0.700. The van der Waals surface area contributed by atoms with Crippen LogP contribution in [0, 0.1) is 12.3 Å². The van der Waals surface area contributed by atoms with Crippen molar-refractivity contribution < 1.29 is 34.0 Å². The zero-order valence-electron chi connectivity index (χ0n) is 23.5. The summed E-state index contributed by atoms with van der Waals surface area (Å²) in [6.45, 7) is 8.49. The van der Waals surface area contributed by atoms with E-state index in [1.54, 1.807) is 6.08 Å². The summed E-state index contributed by atoms with van der Waals surface area (Å²) in [5.74, 6) is 0.0785. The third-order valence-corrected chi connectivity index (χ3v) is 8.38. The molecule has 0 unspecified atom stereocenters. The van der Waals surface area contributed by atoms with Gasteiger partial charge in [0.25, 0.3) is 0 Å². The molecule has 1 radical (unpaired) electrons. The molecule has 0 aromatic rings. The Balaban J connectivity index is 1.27. The Morgan fingerprint density at radius 1 is 1.08 bits per heavy atom. The molecular weight excluding hydrogens is 500 g/mol. The van der Waals surface area contributed by atoms with Crippen molar-refractivity contribution in [2.24, 2.45) is 5.92 Å². The normalized spacial score (nSPS) is 40.6. The Morgan fingerprint density at radius 2 is 1.82 bits per heavy atom. The predicted octanol–water partition coefficient (Wildman–Crippen LogP) is 2.27. The number of carbonyl (C=O) groups is 2. The minimum atomic E-state index is -0.789. The third-order valence-electron chi connectivity index (χ3n) is 8.38. The van der Waals surface area contributed by atoms with Crippen LogP contribution in [0.1, 0.15) is 66.2 Å². The van der Waals surface area contributed by atoms with E-state index in [1.807, 2.05) is 39.3 Å². The van der Waals surface area contributed by atoms with E-state index in [0.29, 0.717) is 25.9 Å². The fourth-order valence-corrected chi connectivity index (χ4v) is 5.75. The second-order valence-corrected chi connectivity index (χ2v) is 11.8. The van der Waals surface area contributed by atoms with Crippen molar-refractivity contribution in [3.05, 3.63) is 42.4 Å². The van der Waals surface area contributed by atoms with E-state index in [4.69, 9.17) is 14.2 Å². The van der Waals surface area contributed by atoms with Crippen LogP contribution < -0.4 is 10.6 Å². The summed E-state index contributed by atoms with van der Waals surface area (Å²) in [6.07, 6.45) is 12.4. The predicted molar refractivity (Wildman–Crippen MR) is 146 cm³/mol. The lowest BCUT2D eigenvalue weighted by atomic mass is 9.86. The molecule has 8 atom stereocenters. The van der Waals surface area contributed by atoms with Gasteiger partial charge in [-0.1, -0.05) is 43.7 Å². The Labute approximate surface area is 232 Å². The molecule has 1 saturated carbocycles. The van der Waals surface area contributed by atoms with Crippen molar-refractivity contribution in [3.63, 3.8) is 0 Å². The molecule has 0 aromatic heterocycles. The summed E-state index contributed by atoms with van der Waals surface area (Å²) in [5.41, 5.74) is 0.389. The van der Waals surface area contributed by atoms with Crippen LogP contribution in [0.3, 0.4) is 0 Å². The van der Waals surface area contributed by atoms with Crippen LogP contribution >= 0.6 is 0 Å². The number of aliphatic hydroxyl groups is 2. The van der Waals surface area contributed by atoms with Gasteiger partial charge in [0.1, 0.15) is 17.8 Å². The molecule has 1 aliphatic carbocycles. The lowest BCUT2D eigenvalue weighted by Gasteiger charge is -2.39. The van der Waals surface area contributed by atoms with Crippen LogP contribution in [0.25, 0.3) is 0 Å². The van der Waals surface area contributed by atoms with E-state index in [2.05, 4.69) is 23.6 Å². The van der Waals surface area contributed by atoms with Crippen molar-refractivity contribution in [2.75, 3.05) is 6.61 Å². The van der Waals surface area contributed by atoms with Gasteiger partial charge in [-0.05, 0) is 57.9 Å². The Hall–Kier alpha value is -2.04. The monoisotopic (exact) mass is 545 g/mol. The molecule has 39 heavy (non-hydrogen) atoms. The molecule has 217 valence electrons. The van der Waals surface area contributed by atoms with E-state index >= 15 is 0 Å². The summed E-state index contributed by atoms with van der Waals surface area (Å²) in [6, 6.07) is 0.00832. The van der Waals surface area contributed by atoms with Gasteiger partial charge in [0.15, 0.2) is 0 Å². The molecule has 3 aliphatic heterocycles. The lowest BCUT2D eigenvalue weighted by Crippen LogP contribution is -2.52. The van der Waals surface area contributed by atoms with Gasteiger partial charge in [0.05, 0.1) is 43.5 Å².